The molecule has 15 nitrogen and oxygen atoms in total. The van der Waals surface area contributed by atoms with Gasteiger partial charge in [0, 0.05) is 69.8 Å². The van der Waals surface area contributed by atoms with Crippen molar-refractivity contribution in [2.45, 2.75) is 187 Å². The number of Topliss-reactive ketones (excluding diaryl/α,β-unsaturated/α-hetero) is 3. The fraction of sp³-hybridized carbons (Fsp3) is 0.768. The van der Waals surface area contributed by atoms with Crippen LogP contribution in [0.1, 0.15) is 138 Å². The average Bonchev–Trinajstić information content (AvgIpc) is 3.33. The molecule has 4 aliphatic heterocycles. The number of methoxy groups -OCH3 is 1. The number of cyclic esters (lactones) is 1. The van der Waals surface area contributed by atoms with E-state index in [0.717, 1.165) is 18.4 Å². The Labute approximate surface area is 423 Å². The number of ketones is 3. The molecule has 0 aromatic rings. The summed E-state index contributed by atoms with van der Waals surface area (Å²) >= 11 is 0. The van der Waals surface area contributed by atoms with Gasteiger partial charge in [-0.1, -0.05) is 71.1 Å². The maximum Gasteiger partial charge on any atom is 0.329 e. The van der Waals surface area contributed by atoms with Gasteiger partial charge in [0.25, 0.3) is 11.7 Å². The summed E-state index contributed by atoms with van der Waals surface area (Å²) in [6, 6.07) is -1.13. The van der Waals surface area contributed by atoms with E-state index in [-0.39, 0.29) is 85.8 Å². The van der Waals surface area contributed by atoms with Crippen molar-refractivity contribution < 1.29 is 67.7 Å². The van der Waals surface area contributed by atoms with Gasteiger partial charge < -0.3 is 48.6 Å². The summed E-state index contributed by atoms with van der Waals surface area (Å²) in [5.41, 5.74) is 1.41. The van der Waals surface area contributed by atoms with E-state index in [1.807, 2.05) is 58.1 Å². The number of rotatable bonds is 11. The highest BCUT2D eigenvalue weighted by atomic mass is 16.6. The summed E-state index contributed by atoms with van der Waals surface area (Å²) in [6.07, 6.45) is 14.5. The number of hydrogen-bond donors (Lipinski definition) is 3. The Hall–Kier alpha value is -3.41. The minimum atomic E-state index is -2.44. The predicted molar refractivity (Wildman–Crippen MR) is 268 cm³/mol. The maximum atomic E-state index is 14.5. The molecule has 0 spiro atoms. The lowest BCUT2D eigenvalue weighted by Crippen LogP contribution is -2.61. The molecule has 71 heavy (non-hydrogen) atoms. The van der Waals surface area contributed by atoms with Gasteiger partial charge in [-0.05, 0) is 113 Å². The lowest BCUT2D eigenvalue weighted by Gasteiger charge is -2.43. The molecule has 400 valence electrons. The van der Waals surface area contributed by atoms with Gasteiger partial charge in [-0.3, -0.25) is 19.2 Å². The molecule has 0 radical (unpaired) electrons. The smallest absolute Gasteiger partial charge is 0.329 e. The van der Waals surface area contributed by atoms with E-state index in [2.05, 4.69) is 0 Å². The first kappa shape index (κ1) is 58.5. The first-order valence-electron chi connectivity index (χ1n) is 26.7. The molecule has 4 fully saturated rings. The van der Waals surface area contributed by atoms with Crippen molar-refractivity contribution in [2.75, 3.05) is 46.7 Å². The molecule has 5 rings (SSSR count). The van der Waals surface area contributed by atoms with Gasteiger partial charge in [0.15, 0.2) is 0 Å². The summed E-state index contributed by atoms with van der Waals surface area (Å²) < 4.78 is 36.4. The predicted octanol–water partition coefficient (Wildman–Crippen LogP) is 6.98. The number of nitrogens with zero attached hydrogens (tertiary/aromatic N) is 1. The summed E-state index contributed by atoms with van der Waals surface area (Å²) in [7, 11) is 1.66. The molecular weight excluding hydrogens is 911 g/mol. The van der Waals surface area contributed by atoms with Crippen molar-refractivity contribution in [3.8, 4) is 0 Å². The summed E-state index contributed by atoms with van der Waals surface area (Å²) in [5, 5.41) is 32.6. The number of allylic oxidation sites excluding steroid dienone is 6. The van der Waals surface area contributed by atoms with E-state index in [1.54, 1.807) is 34.0 Å². The highest BCUT2D eigenvalue weighted by Gasteiger charge is 2.53. The molecule has 0 aromatic carbocycles. The first-order chi connectivity index (χ1) is 33.8. The van der Waals surface area contributed by atoms with Crippen molar-refractivity contribution in [1.29, 1.82) is 0 Å². The molecule has 1 unspecified atom stereocenters. The highest BCUT2D eigenvalue weighted by Crippen LogP contribution is 2.38. The third-order valence-electron chi connectivity index (χ3n) is 15.7. The van der Waals surface area contributed by atoms with E-state index in [9.17, 15) is 39.3 Å². The van der Waals surface area contributed by atoms with E-state index >= 15 is 0 Å². The third-order valence-corrected chi connectivity index (χ3v) is 15.7. The zero-order valence-electron chi connectivity index (χ0n) is 44.0. The van der Waals surface area contributed by atoms with Gasteiger partial charge in [0.05, 0.1) is 50.3 Å². The van der Waals surface area contributed by atoms with Crippen LogP contribution in [-0.2, 0) is 52.4 Å². The molecule has 2 bridgehead atoms. The largest absolute Gasteiger partial charge is 0.460 e. The van der Waals surface area contributed by atoms with Crippen LogP contribution in [0, 0.1) is 41.4 Å². The van der Waals surface area contributed by atoms with Gasteiger partial charge in [0.2, 0.25) is 5.79 Å². The Morgan fingerprint density at radius 3 is 2.31 bits per heavy atom. The fourth-order valence-corrected chi connectivity index (χ4v) is 10.8. The zero-order valence-corrected chi connectivity index (χ0v) is 44.0. The Balaban J connectivity index is 1.43. The Kier molecular flexibility index (Phi) is 23.3. The first-order valence-corrected chi connectivity index (χ1v) is 26.7. The number of aliphatic hydroxyl groups is 3. The third kappa shape index (κ3) is 16.8. The van der Waals surface area contributed by atoms with Crippen LogP contribution in [-0.4, -0.2) is 145 Å². The molecule has 0 aromatic heterocycles. The van der Waals surface area contributed by atoms with Gasteiger partial charge in [-0.25, -0.2) is 4.79 Å². The summed E-state index contributed by atoms with van der Waals surface area (Å²) in [5.74, 6) is -7.14. The molecule has 4 heterocycles. The van der Waals surface area contributed by atoms with Crippen LogP contribution in [0.4, 0.5) is 0 Å². The molecule has 3 saturated heterocycles. The fourth-order valence-electron chi connectivity index (χ4n) is 10.8. The van der Waals surface area contributed by atoms with Crippen LogP contribution >= 0.6 is 0 Å². The standard InChI is InChI=1S/C56H87NO14/c1-35-15-10-9-11-16-36(2)50(69-34-43-32-67-33-43)29-44-20-18-41(7)56(65,71-44)53(62)54(63)57-22-13-12-17-45(57)55(64)70-51(31-48(61)39(5)26-38(4)47(60)30-46(59)37(3)25-35)40(6)27-42-19-21-49(52(28-42)66-8)68-24-14-23-58/h9-11,15-16,26,35,37,39-45,47,49-52,58,60,65H,12-14,17-25,27-34H2,1-8H3/b11-9+,15-10+,36-16+,38-26+/t35-,37-,39-,40-,41-,42+,44+,45+,47+,49-,50?,51+,52-,56-/m1/s1. The van der Waals surface area contributed by atoms with Crippen molar-refractivity contribution in [3.05, 3.63) is 47.6 Å². The Morgan fingerprint density at radius 2 is 1.61 bits per heavy atom. The topological polar surface area (TPSA) is 205 Å². The number of fused-ring (bicyclic) bond motifs is 3. The molecule has 1 saturated carbocycles. The number of piperidine rings is 1. The number of esters is 1. The van der Waals surface area contributed by atoms with Crippen molar-refractivity contribution >= 4 is 29.2 Å². The Bertz CT molecular complexity index is 1890. The van der Waals surface area contributed by atoms with Gasteiger partial charge >= 0.3 is 5.97 Å². The van der Waals surface area contributed by atoms with Crippen LogP contribution in [0.15, 0.2) is 47.6 Å². The number of hydrogen-bond acceptors (Lipinski definition) is 14. The van der Waals surface area contributed by atoms with E-state index in [4.69, 9.17) is 28.4 Å². The summed E-state index contributed by atoms with van der Waals surface area (Å²) in [6.45, 7) is 15.2. The van der Waals surface area contributed by atoms with Crippen LogP contribution in [0.5, 0.6) is 0 Å². The summed E-state index contributed by atoms with van der Waals surface area (Å²) in [4.78, 5) is 72.1. The second-order valence-corrected chi connectivity index (χ2v) is 21.7. The van der Waals surface area contributed by atoms with E-state index < -0.39 is 65.7 Å². The van der Waals surface area contributed by atoms with E-state index in [0.29, 0.717) is 89.8 Å². The lowest BCUT2D eigenvalue weighted by molar-refractivity contribution is -0.266. The molecule has 1 aliphatic carbocycles. The number of ether oxygens (including phenoxy) is 6. The minimum Gasteiger partial charge on any atom is -0.460 e. The number of amides is 1. The molecule has 14 atom stereocenters. The van der Waals surface area contributed by atoms with Crippen LogP contribution in [0.25, 0.3) is 0 Å². The maximum absolute atomic E-state index is 14.5. The monoisotopic (exact) mass is 998 g/mol. The number of carbonyl (C=O) groups excluding carboxylic acids is 5. The second-order valence-electron chi connectivity index (χ2n) is 21.7. The average molecular weight is 998 g/mol. The minimum absolute atomic E-state index is 0.0398. The normalized spacial score (nSPS) is 38.2. The van der Waals surface area contributed by atoms with Crippen LogP contribution in [0.3, 0.4) is 0 Å². The molecular formula is C56H87NO14. The zero-order chi connectivity index (χ0) is 51.8. The molecule has 1 amide bonds. The van der Waals surface area contributed by atoms with Gasteiger partial charge in [0.1, 0.15) is 23.7 Å². The lowest BCUT2D eigenvalue weighted by atomic mass is 9.78. The molecule has 15 heteroatoms. The molecule has 5 aliphatic rings. The number of aliphatic hydroxyl groups excluding tert-OH is 2. The SMILES string of the molecule is CO[C@@H]1C[C@H](C[C@@H](C)[C@@H]2CC(=O)[C@H](C)/C=C(\C)[C@@H](O)CC(=O)[C@H](C)C[C@H](C)/C=C/C=C/C=C(\C)C(OCC3COC3)C[C@@H]3CC[C@@H](C)[C@@](O)(O3)C(=O)C(=O)N3CCCC[C@H]3C(=O)O2)CC[C@H]1OCCCO. The molecule has 3 N–H and O–H groups in total. The second kappa shape index (κ2) is 28.3. The van der Waals surface area contributed by atoms with Crippen LogP contribution in [0.2, 0.25) is 0 Å². The van der Waals surface area contributed by atoms with Crippen LogP contribution < -0.4 is 0 Å². The highest BCUT2D eigenvalue weighted by molar-refractivity contribution is 6.39. The quantitative estimate of drug-likeness (QED) is 0.0828. The van der Waals surface area contributed by atoms with Crippen molar-refractivity contribution in [1.82, 2.24) is 4.90 Å². The van der Waals surface area contributed by atoms with Crippen molar-refractivity contribution in [3.63, 3.8) is 0 Å². The Morgan fingerprint density at radius 1 is 0.845 bits per heavy atom. The number of carbonyl (C=O) groups is 5. The van der Waals surface area contributed by atoms with Gasteiger partial charge in [-0.2, -0.15) is 0 Å². The van der Waals surface area contributed by atoms with E-state index in [1.165, 1.54) is 4.90 Å². The van der Waals surface area contributed by atoms with Crippen molar-refractivity contribution in [2.24, 2.45) is 41.4 Å². The van der Waals surface area contributed by atoms with Gasteiger partial charge in [-0.15, -0.1) is 0 Å².